The van der Waals surface area contributed by atoms with Crippen molar-refractivity contribution in [2.45, 2.75) is 19.0 Å². The van der Waals surface area contributed by atoms with Crippen molar-refractivity contribution in [3.63, 3.8) is 0 Å². The van der Waals surface area contributed by atoms with E-state index < -0.39 is 0 Å². The summed E-state index contributed by atoms with van der Waals surface area (Å²) < 4.78 is 0. The number of carbonyl (C=O) groups excluding carboxylic acids is 2. The van der Waals surface area contributed by atoms with E-state index >= 15 is 0 Å². The number of hydrogen-bond donors (Lipinski definition) is 1. The fraction of sp³-hybridized carbons (Fsp3) is 0.167. The third kappa shape index (κ3) is 4.63. The Hall–Kier alpha value is -3.31. The minimum atomic E-state index is -0.261. The van der Waals surface area contributed by atoms with Crippen LogP contribution in [0.25, 0.3) is 0 Å². The summed E-state index contributed by atoms with van der Waals surface area (Å²) >= 11 is 5.95. The summed E-state index contributed by atoms with van der Waals surface area (Å²) in [6.45, 7) is 0.873. The molecule has 1 atom stereocenters. The van der Waals surface area contributed by atoms with Gasteiger partial charge in [0.05, 0.1) is 12.6 Å². The van der Waals surface area contributed by atoms with Gasteiger partial charge in [0.1, 0.15) is 0 Å². The summed E-state index contributed by atoms with van der Waals surface area (Å²) in [5.41, 5.74) is 2.62. The molecule has 3 aromatic carbocycles. The third-order valence-electron chi connectivity index (χ3n) is 5.09. The second-order valence-corrected chi connectivity index (χ2v) is 7.68. The van der Waals surface area contributed by atoms with Gasteiger partial charge in [0.2, 0.25) is 5.91 Å². The number of nitrogens with zero attached hydrogens (tertiary/aromatic N) is 2. The summed E-state index contributed by atoms with van der Waals surface area (Å²) in [5, 5.41) is 3.66. The van der Waals surface area contributed by atoms with E-state index in [-0.39, 0.29) is 24.4 Å². The SMILES string of the molecule is O=C1C[C@@H](NC(=O)N(Cc2ccccc2)c2ccccc2)CN1c1ccc(Cl)cc1. The quantitative estimate of drug-likeness (QED) is 0.642. The smallest absolute Gasteiger partial charge is 0.322 e. The Morgan fingerprint density at radius 1 is 0.967 bits per heavy atom. The Kier molecular flexibility index (Phi) is 6.00. The molecular weight excluding hydrogens is 398 g/mol. The lowest BCUT2D eigenvalue weighted by atomic mass is 10.2. The molecule has 0 bridgehead atoms. The van der Waals surface area contributed by atoms with E-state index in [1.165, 1.54) is 0 Å². The fourth-order valence-corrected chi connectivity index (χ4v) is 3.71. The van der Waals surface area contributed by atoms with Gasteiger partial charge in [0, 0.05) is 29.4 Å². The summed E-state index contributed by atoms with van der Waals surface area (Å²) in [6, 6.07) is 26.0. The highest BCUT2D eigenvalue weighted by atomic mass is 35.5. The van der Waals surface area contributed by atoms with Crippen molar-refractivity contribution in [2.24, 2.45) is 0 Å². The maximum Gasteiger partial charge on any atom is 0.322 e. The average molecular weight is 420 g/mol. The van der Waals surface area contributed by atoms with Crippen LogP contribution in [0.2, 0.25) is 5.02 Å². The zero-order valence-electron chi connectivity index (χ0n) is 16.4. The molecule has 1 aliphatic rings. The van der Waals surface area contributed by atoms with Gasteiger partial charge in [-0.2, -0.15) is 0 Å². The molecule has 0 spiro atoms. The topological polar surface area (TPSA) is 52.7 Å². The van der Waals surface area contributed by atoms with Gasteiger partial charge in [-0.15, -0.1) is 0 Å². The predicted molar refractivity (Wildman–Crippen MR) is 120 cm³/mol. The Bertz CT molecular complexity index is 1010. The molecule has 6 heteroatoms. The van der Waals surface area contributed by atoms with Gasteiger partial charge in [0.15, 0.2) is 0 Å². The molecule has 3 amide bonds. The molecule has 0 unspecified atom stereocenters. The first-order valence-corrected chi connectivity index (χ1v) is 10.2. The second kappa shape index (κ2) is 9.01. The maximum atomic E-state index is 13.2. The number of amides is 3. The molecule has 1 N–H and O–H groups in total. The van der Waals surface area contributed by atoms with Crippen LogP contribution < -0.4 is 15.1 Å². The molecule has 0 aliphatic carbocycles. The largest absolute Gasteiger partial charge is 0.333 e. The number of rotatable bonds is 5. The Morgan fingerprint density at radius 2 is 1.60 bits per heavy atom. The van der Waals surface area contributed by atoms with Crippen molar-refractivity contribution in [2.75, 3.05) is 16.3 Å². The van der Waals surface area contributed by atoms with Crippen LogP contribution in [0, 0.1) is 0 Å². The first-order valence-electron chi connectivity index (χ1n) is 9.83. The Morgan fingerprint density at radius 3 is 2.27 bits per heavy atom. The van der Waals surface area contributed by atoms with E-state index in [0.29, 0.717) is 18.1 Å². The van der Waals surface area contributed by atoms with Gasteiger partial charge < -0.3 is 10.2 Å². The Balaban J connectivity index is 1.48. The van der Waals surface area contributed by atoms with Crippen LogP contribution in [0.4, 0.5) is 16.2 Å². The van der Waals surface area contributed by atoms with E-state index in [9.17, 15) is 9.59 Å². The number of anilines is 2. The zero-order valence-corrected chi connectivity index (χ0v) is 17.1. The van der Waals surface area contributed by atoms with Crippen molar-refractivity contribution in [3.05, 3.63) is 95.5 Å². The fourth-order valence-electron chi connectivity index (χ4n) is 3.58. The van der Waals surface area contributed by atoms with Crippen molar-refractivity contribution in [1.82, 2.24) is 5.32 Å². The molecule has 30 heavy (non-hydrogen) atoms. The van der Waals surface area contributed by atoms with Gasteiger partial charge in [-0.25, -0.2) is 4.79 Å². The van der Waals surface area contributed by atoms with Gasteiger partial charge in [-0.1, -0.05) is 60.1 Å². The number of urea groups is 1. The summed E-state index contributed by atoms with van der Waals surface area (Å²) in [7, 11) is 0. The standard InChI is InChI=1S/C24H22ClN3O2/c25-19-11-13-22(14-12-19)27-17-20(15-23(27)29)26-24(30)28(21-9-5-2-6-10-21)16-18-7-3-1-4-8-18/h1-14,20H,15-17H2,(H,26,30)/t20-/m1/s1. The summed E-state index contributed by atoms with van der Waals surface area (Å²) in [5.74, 6) is -0.0167. The third-order valence-corrected chi connectivity index (χ3v) is 5.34. The molecule has 5 nitrogen and oxygen atoms in total. The van der Waals surface area contributed by atoms with Crippen LogP contribution in [0.3, 0.4) is 0 Å². The zero-order chi connectivity index (χ0) is 20.9. The van der Waals surface area contributed by atoms with Gasteiger partial charge >= 0.3 is 6.03 Å². The molecule has 0 saturated carbocycles. The Labute approximate surface area is 180 Å². The van der Waals surface area contributed by atoms with Crippen molar-refractivity contribution in [3.8, 4) is 0 Å². The van der Waals surface area contributed by atoms with E-state index in [2.05, 4.69) is 5.32 Å². The number of halogens is 1. The molecule has 3 aromatic rings. The molecule has 1 aliphatic heterocycles. The highest BCUT2D eigenvalue weighted by Crippen LogP contribution is 2.24. The monoisotopic (exact) mass is 419 g/mol. The van der Waals surface area contributed by atoms with E-state index in [0.717, 1.165) is 16.9 Å². The molecule has 1 fully saturated rings. The van der Waals surface area contributed by atoms with Crippen molar-refractivity contribution in [1.29, 1.82) is 0 Å². The lowest BCUT2D eigenvalue weighted by Gasteiger charge is -2.25. The van der Waals surface area contributed by atoms with Crippen LogP contribution in [0.1, 0.15) is 12.0 Å². The first kappa shape index (κ1) is 20.0. The van der Waals surface area contributed by atoms with Crippen molar-refractivity contribution < 1.29 is 9.59 Å². The van der Waals surface area contributed by atoms with E-state index in [1.807, 2.05) is 72.8 Å². The highest BCUT2D eigenvalue weighted by Gasteiger charge is 2.32. The molecular formula is C24H22ClN3O2. The van der Waals surface area contributed by atoms with Gasteiger partial charge in [-0.05, 0) is 42.0 Å². The van der Waals surface area contributed by atoms with Crippen LogP contribution in [0.5, 0.6) is 0 Å². The number of hydrogen-bond acceptors (Lipinski definition) is 2. The number of benzene rings is 3. The number of para-hydroxylation sites is 1. The van der Waals surface area contributed by atoms with Crippen LogP contribution in [0.15, 0.2) is 84.9 Å². The normalized spacial score (nSPS) is 15.8. The van der Waals surface area contributed by atoms with Crippen LogP contribution in [-0.4, -0.2) is 24.5 Å². The molecule has 1 saturated heterocycles. The van der Waals surface area contributed by atoms with Crippen LogP contribution in [-0.2, 0) is 11.3 Å². The number of nitrogens with one attached hydrogen (secondary N) is 1. The summed E-state index contributed by atoms with van der Waals surface area (Å²) in [4.78, 5) is 29.1. The average Bonchev–Trinajstić information content (AvgIpc) is 3.13. The minimum Gasteiger partial charge on any atom is -0.333 e. The maximum absolute atomic E-state index is 13.2. The summed E-state index contributed by atoms with van der Waals surface area (Å²) in [6.07, 6.45) is 0.266. The van der Waals surface area contributed by atoms with Crippen LogP contribution >= 0.6 is 11.6 Å². The second-order valence-electron chi connectivity index (χ2n) is 7.24. The molecule has 0 radical (unpaired) electrons. The molecule has 0 aromatic heterocycles. The van der Waals surface area contributed by atoms with E-state index in [1.54, 1.807) is 21.9 Å². The molecule has 4 rings (SSSR count). The lowest BCUT2D eigenvalue weighted by Crippen LogP contribution is -2.45. The molecule has 152 valence electrons. The highest BCUT2D eigenvalue weighted by molar-refractivity contribution is 6.30. The van der Waals surface area contributed by atoms with Gasteiger partial charge in [0.25, 0.3) is 0 Å². The predicted octanol–water partition coefficient (Wildman–Crippen LogP) is 4.86. The van der Waals surface area contributed by atoms with Crippen molar-refractivity contribution >= 4 is 34.9 Å². The lowest BCUT2D eigenvalue weighted by molar-refractivity contribution is -0.117. The minimum absolute atomic E-state index is 0.0167. The first-order chi connectivity index (χ1) is 14.6. The van der Waals surface area contributed by atoms with Gasteiger partial charge in [-0.3, -0.25) is 9.69 Å². The van der Waals surface area contributed by atoms with E-state index in [4.69, 9.17) is 11.6 Å². The molecule has 1 heterocycles. The number of carbonyl (C=O) groups is 2.